The Kier molecular flexibility index (Phi) is 5.03. The first-order chi connectivity index (χ1) is 12.2. The molecule has 2 N–H and O–H groups in total. The van der Waals surface area contributed by atoms with Crippen molar-refractivity contribution >= 4 is 34.2 Å². The van der Waals surface area contributed by atoms with E-state index in [9.17, 15) is 13.4 Å². The van der Waals surface area contributed by atoms with E-state index in [0.717, 1.165) is 16.9 Å². The largest absolute Gasteiger partial charge is 0.377 e. The van der Waals surface area contributed by atoms with Gasteiger partial charge in [-0.05, 0) is 36.2 Å². The smallest absolute Gasteiger partial charge is 0.281 e. The number of fused-ring (bicyclic) bond motifs is 1. The normalized spacial score (nSPS) is 19.2. The Morgan fingerprint density at radius 1 is 1.38 bits per heavy atom. The fourth-order valence-corrected chi connectivity index (χ4v) is 3.73. The summed E-state index contributed by atoms with van der Waals surface area (Å²) < 4.78 is 27.0. The fourth-order valence-electron chi connectivity index (χ4n) is 3.18. The van der Waals surface area contributed by atoms with Crippen LogP contribution in [0.5, 0.6) is 0 Å². The van der Waals surface area contributed by atoms with E-state index < -0.39 is 22.7 Å². The van der Waals surface area contributed by atoms with Crippen LogP contribution in [0.4, 0.5) is 10.1 Å². The van der Waals surface area contributed by atoms with Crippen molar-refractivity contribution in [3.8, 4) is 0 Å². The van der Waals surface area contributed by atoms with Crippen LogP contribution in [-0.4, -0.2) is 21.4 Å². The second kappa shape index (κ2) is 6.96. The lowest BCUT2D eigenvalue weighted by molar-refractivity contribution is 0.0978. The molecule has 0 bridgehead atoms. The zero-order valence-electron chi connectivity index (χ0n) is 14.6. The zero-order chi connectivity index (χ0) is 19.1. The topological polar surface area (TPSA) is 71.1 Å². The van der Waals surface area contributed by atoms with E-state index in [-0.39, 0.29) is 22.2 Å². The molecule has 3 rings (SSSR count). The van der Waals surface area contributed by atoms with Crippen molar-refractivity contribution in [2.45, 2.75) is 31.7 Å². The highest BCUT2D eigenvalue weighted by molar-refractivity contribution is 7.82. The summed E-state index contributed by atoms with van der Waals surface area (Å²) in [4.78, 5) is 16.6. The second-order valence-electron chi connectivity index (χ2n) is 6.94. The highest BCUT2D eigenvalue weighted by Crippen LogP contribution is 2.43. The van der Waals surface area contributed by atoms with Crippen LogP contribution in [0, 0.1) is 5.82 Å². The SMILES string of the molecule is CS(=O)NC(=O)c1ccc2c(n1)C(C)(C)CC(c1ccc(F)c(Cl)c1)N2. The third-order valence-corrected chi connectivity index (χ3v) is 5.16. The first-order valence-corrected chi connectivity index (χ1v) is 9.98. The third-order valence-electron chi connectivity index (χ3n) is 4.40. The fraction of sp³-hybridized carbons (Fsp3) is 0.333. The summed E-state index contributed by atoms with van der Waals surface area (Å²) in [5, 5.41) is 3.48. The van der Waals surface area contributed by atoms with Crippen LogP contribution >= 0.6 is 11.6 Å². The van der Waals surface area contributed by atoms with Gasteiger partial charge in [0, 0.05) is 11.7 Å². The molecule has 8 heteroatoms. The number of aromatic nitrogens is 1. The van der Waals surface area contributed by atoms with E-state index in [2.05, 4.69) is 15.0 Å². The van der Waals surface area contributed by atoms with E-state index in [1.165, 1.54) is 12.3 Å². The van der Waals surface area contributed by atoms with Crippen LogP contribution in [0.2, 0.25) is 5.02 Å². The number of benzene rings is 1. The van der Waals surface area contributed by atoms with Gasteiger partial charge in [0.1, 0.15) is 22.5 Å². The number of hydrogen-bond acceptors (Lipinski definition) is 4. The lowest BCUT2D eigenvalue weighted by Gasteiger charge is -2.38. The van der Waals surface area contributed by atoms with Gasteiger partial charge >= 0.3 is 0 Å². The lowest BCUT2D eigenvalue weighted by Crippen LogP contribution is -2.34. The summed E-state index contributed by atoms with van der Waals surface area (Å²) in [5.74, 6) is -0.923. The number of carbonyl (C=O) groups is 1. The quantitative estimate of drug-likeness (QED) is 0.830. The maximum atomic E-state index is 13.4. The number of nitrogens with zero attached hydrogens (tertiary/aromatic N) is 1. The molecule has 0 saturated carbocycles. The van der Waals surface area contributed by atoms with Crippen LogP contribution < -0.4 is 10.0 Å². The molecule has 0 fully saturated rings. The summed E-state index contributed by atoms with van der Waals surface area (Å²) in [5.41, 5.74) is 2.35. The molecule has 1 aromatic heterocycles. The van der Waals surface area contributed by atoms with Gasteiger partial charge in [0.2, 0.25) is 0 Å². The van der Waals surface area contributed by atoms with Crippen LogP contribution in [0.15, 0.2) is 30.3 Å². The molecule has 2 heterocycles. The molecule has 1 aliphatic rings. The van der Waals surface area contributed by atoms with Crippen LogP contribution in [0.25, 0.3) is 0 Å². The number of hydrogen-bond donors (Lipinski definition) is 2. The van der Waals surface area contributed by atoms with Gasteiger partial charge in [-0.15, -0.1) is 0 Å². The molecule has 0 radical (unpaired) electrons. The molecule has 2 unspecified atom stereocenters. The van der Waals surface area contributed by atoms with Crippen molar-refractivity contribution < 1.29 is 13.4 Å². The van der Waals surface area contributed by atoms with Crippen LogP contribution in [0.1, 0.15) is 48.1 Å². The Hall–Kier alpha value is -1.99. The molecule has 26 heavy (non-hydrogen) atoms. The Morgan fingerprint density at radius 3 is 2.77 bits per heavy atom. The van der Waals surface area contributed by atoms with Crippen molar-refractivity contribution in [1.82, 2.24) is 9.71 Å². The summed E-state index contributed by atoms with van der Waals surface area (Å²) in [6, 6.07) is 8.02. The molecular weight excluding hydrogens is 377 g/mol. The first kappa shape index (κ1) is 18.8. The third kappa shape index (κ3) is 3.73. The molecule has 2 aromatic rings. The van der Waals surface area contributed by atoms with E-state index in [0.29, 0.717) is 6.42 Å². The number of pyridine rings is 1. The highest BCUT2D eigenvalue weighted by atomic mass is 35.5. The van der Waals surface area contributed by atoms with Gasteiger partial charge in [0.15, 0.2) is 0 Å². The monoisotopic (exact) mass is 395 g/mol. The minimum absolute atomic E-state index is 0.0553. The average molecular weight is 396 g/mol. The maximum absolute atomic E-state index is 13.4. The molecule has 1 amide bonds. The standard InChI is InChI=1S/C18H19ClFN3O2S/c1-18(2)9-15(10-4-5-12(20)11(19)8-10)21-13-6-7-14(22-16(13)18)17(24)23-26(3)25/h4-8,15,21H,9H2,1-3H3,(H,23,24). The molecule has 0 spiro atoms. The number of amides is 1. The van der Waals surface area contributed by atoms with Gasteiger partial charge in [0.25, 0.3) is 5.91 Å². The van der Waals surface area contributed by atoms with Gasteiger partial charge in [-0.1, -0.05) is 31.5 Å². The highest BCUT2D eigenvalue weighted by Gasteiger charge is 2.35. The molecule has 138 valence electrons. The summed E-state index contributed by atoms with van der Waals surface area (Å²) in [6.07, 6.45) is 2.08. The second-order valence-corrected chi connectivity index (χ2v) is 8.46. The van der Waals surface area contributed by atoms with E-state index in [1.54, 1.807) is 24.3 Å². The number of nitrogens with one attached hydrogen (secondary N) is 2. The molecule has 1 aliphatic heterocycles. The molecule has 2 atom stereocenters. The van der Waals surface area contributed by atoms with Crippen molar-refractivity contribution in [2.75, 3.05) is 11.6 Å². The van der Waals surface area contributed by atoms with Gasteiger partial charge in [-0.2, -0.15) is 0 Å². The Balaban J connectivity index is 1.94. The molecule has 5 nitrogen and oxygen atoms in total. The zero-order valence-corrected chi connectivity index (χ0v) is 16.2. The van der Waals surface area contributed by atoms with E-state index in [1.807, 2.05) is 13.8 Å². The number of carbonyl (C=O) groups excluding carboxylic acids is 1. The van der Waals surface area contributed by atoms with Gasteiger partial charge in [0.05, 0.1) is 22.4 Å². The predicted molar refractivity (Wildman–Crippen MR) is 101 cm³/mol. The number of rotatable bonds is 3. The molecule has 1 aromatic carbocycles. The van der Waals surface area contributed by atoms with Crippen LogP contribution in [0.3, 0.4) is 0 Å². The van der Waals surface area contributed by atoms with Crippen LogP contribution in [-0.2, 0) is 16.4 Å². The van der Waals surface area contributed by atoms with E-state index in [4.69, 9.17) is 11.6 Å². The van der Waals surface area contributed by atoms with Gasteiger partial charge in [-0.25, -0.2) is 13.6 Å². The average Bonchev–Trinajstić information content (AvgIpc) is 2.55. The van der Waals surface area contributed by atoms with Gasteiger partial charge in [-0.3, -0.25) is 9.52 Å². The van der Waals surface area contributed by atoms with Crippen molar-refractivity contribution in [3.05, 3.63) is 58.1 Å². The Morgan fingerprint density at radius 2 is 2.12 bits per heavy atom. The first-order valence-electron chi connectivity index (χ1n) is 8.05. The minimum atomic E-state index is -1.45. The van der Waals surface area contributed by atoms with Crippen molar-refractivity contribution in [1.29, 1.82) is 0 Å². The summed E-state index contributed by atoms with van der Waals surface area (Å²) >= 11 is 5.92. The molecule has 0 aliphatic carbocycles. The molecule has 0 saturated heterocycles. The van der Waals surface area contributed by atoms with E-state index >= 15 is 0 Å². The van der Waals surface area contributed by atoms with Gasteiger partial charge < -0.3 is 5.32 Å². The molecular formula is C18H19ClFN3O2S. The Bertz CT molecular complexity index is 904. The van der Waals surface area contributed by atoms with Crippen molar-refractivity contribution in [2.24, 2.45) is 0 Å². The summed E-state index contributed by atoms with van der Waals surface area (Å²) in [6.45, 7) is 4.08. The Labute approximate surface area is 158 Å². The minimum Gasteiger partial charge on any atom is -0.377 e. The summed E-state index contributed by atoms with van der Waals surface area (Å²) in [7, 11) is -1.45. The lowest BCUT2D eigenvalue weighted by atomic mass is 9.76. The predicted octanol–water partition coefficient (Wildman–Crippen LogP) is 3.73. The maximum Gasteiger partial charge on any atom is 0.281 e. The van der Waals surface area contributed by atoms with Crippen molar-refractivity contribution in [3.63, 3.8) is 0 Å². The number of anilines is 1. The number of halogens is 2.